The first-order chi connectivity index (χ1) is 9.46. The summed E-state index contributed by atoms with van der Waals surface area (Å²) in [6, 6.07) is 0. The van der Waals surface area contributed by atoms with Crippen LogP contribution in [0.2, 0.25) is 0 Å². The Labute approximate surface area is 129 Å². The van der Waals surface area contributed by atoms with Crippen LogP contribution in [0.3, 0.4) is 0 Å². The van der Waals surface area contributed by atoms with Crippen LogP contribution in [0.5, 0.6) is 0 Å². The van der Waals surface area contributed by atoms with Gasteiger partial charge in [0.15, 0.2) is 0 Å². The standard InChI is InChI=1S/C15H22N2OS2/c1-14(2)4-6-15(18-3,7-5-14)13-16-11-9-20-8-10(11)12(19)17-13/h4-9H2,1-3H3,(H,16,17,19). The van der Waals surface area contributed by atoms with Crippen LogP contribution in [0.1, 0.15) is 56.6 Å². The molecule has 1 fully saturated rings. The average molecular weight is 310 g/mol. The molecule has 1 aromatic rings. The van der Waals surface area contributed by atoms with E-state index in [-0.39, 0.29) is 5.60 Å². The Morgan fingerprint density at radius 2 is 1.90 bits per heavy atom. The quantitative estimate of drug-likeness (QED) is 0.825. The molecule has 0 atom stereocenters. The van der Waals surface area contributed by atoms with Crippen LogP contribution < -0.4 is 0 Å². The maximum Gasteiger partial charge on any atom is 0.140 e. The Kier molecular flexibility index (Phi) is 3.72. The van der Waals surface area contributed by atoms with Gasteiger partial charge in [0.2, 0.25) is 0 Å². The first kappa shape index (κ1) is 14.5. The van der Waals surface area contributed by atoms with E-state index in [2.05, 4.69) is 23.8 Å². The van der Waals surface area contributed by atoms with Crippen molar-refractivity contribution in [3.05, 3.63) is 21.7 Å². The molecule has 20 heavy (non-hydrogen) atoms. The van der Waals surface area contributed by atoms with Crippen LogP contribution in [-0.2, 0) is 21.8 Å². The fourth-order valence-corrected chi connectivity index (χ4v) is 4.60. The third kappa shape index (κ3) is 2.44. The van der Waals surface area contributed by atoms with Gasteiger partial charge in [0.1, 0.15) is 16.1 Å². The summed E-state index contributed by atoms with van der Waals surface area (Å²) in [6.07, 6.45) is 4.35. The lowest BCUT2D eigenvalue weighted by molar-refractivity contribution is -0.0731. The van der Waals surface area contributed by atoms with Crippen LogP contribution in [0.4, 0.5) is 0 Å². The molecule has 5 heteroatoms. The molecule has 2 aliphatic rings. The molecule has 3 nitrogen and oxygen atoms in total. The second-order valence-corrected chi connectivity index (χ2v) is 8.08. The first-order valence-electron chi connectivity index (χ1n) is 7.21. The summed E-state index contributed by atoms with van der Waals surface area (Å²) < 4.78 is 6.69. The van der Waals surface area contributed by atoms with E-state index < -0.39 is 0 Å². The van der Waals surface area contributed by atoms with Gasteiger partial charge in [0.05, 0.1) is 0 Å². The fourth-order valence-electron chi connectivity index (χ4n) is 3.16. The highest BCUT2D eigenvalue weighted by Gasteiger charge is 2.42. The molecule has 0 unspecified atom stereocenters. The summed E-state index contributed by atoms with van der Waals surface area (Å²) in [6.45, 7) is 4.67. The van der Waals surface area contributed by atoms with Crippen molar-refractivity contribution >= 4 is 24.0 Å². The Morgan fingerprint density at radius 1 is 1.20 bits per heavy atom. The second-order valence-electron chi connectivity index (χ2n) is 6.70. The van der Waals surface area contributed by atoms with Gasteiger partial charge in [-0.25, -0.2) is 4.98 Å². The summed E-state index contributed by atoms with van der Waals surface area (Å²) in [5.74, 6) is 2.95. The number of methoxy groups -OCH3 is 1. The van der Waals surface area contributed by atoms with Crippen LogP contribution in [0, 0.1) is 10.1 Å². The molecular formula is C15H22N2OS2. The first-order valence-corrected chi connectivity index (χ1v) is 8.78. The van der Waals surface area contributed by atoms with E-state index in [9.17, 15) is 0 Å². The number of nitrogens with one attached hydrogen (secondary N) is 1. The largest absolute Gasteiger partial charge is 0.370 e. The highest BCUT2D eigenvalue weighted by atomic mass is 32.2. The number of rotatable bonds is 2. The molecule has 110 valence electrons. The zero-order chi connectivity index (χ0) is 14.4. The molecule has 2 heterocycles. The molecule has 0 bridgehead atoms. The maximum absolute atomic E-state index is 5.93. The number of fused-ring (bicyclic) bond motifs is 1. The normalized spacial score (nSPS) is 23.6. The minimum Gasteiger partial charge on any atom is -0.370 e. The number of aromatic nitrogens is 2. The van der Waals surface area contributed by atoms with Crippen LogP contribution >= 0.6 is 24.0 Å². The van der Waals surface area contributed by atoms with Gasteiger partial charge in [-0.2, -0.15) is 11.8 Å². The number of hydrogen-bond acceptors (Lipinski definition) is 4. The van der Waals surface area contributed by atoms with Crippen molar-refractivity contribution in [3.8, 4) is 0 Å². The summed E-state index contributed by atoms with van der Waals surface area (Å²) >= 11 is 7.38. The molecule has 0 saturated heterocycles. The number of H-pyrrole nitrogens is 1. The lowest BCUT2D eigenvalue weighted by Crippen LogP contribution is -2.38. The predicted molar refractivity (Wildman–Crippen MR) is 85.4 cm³/mol. The molecule has 1 N–H and O–H groups in total. The van der Waals surface area contributed by atoms with Gasteiger partial charge < -0.3 is 9.72 Å². The van der Waals surface area contributed by atoms with Crippen molar-refractivity contribution in [1.29, 1.82) is 0 Å². The van der Waals surface area contributed by atoms with Gasteiger partial charge in [0.25, 0.3) is 0 Å². The van der Waals surface area contributed by atoms with Crippen LogP contribution in [-0.4, -0.2) is 17.1 Å². The van der Waals surface area contributed by atoms with E-state index in [1.807, 2.05) is 11.8 Å². The van der Waals surface area contributed by atoms with Crippen molar-refractivity contribution in [2.24, 2.45) is 5.41 Å². The third-order valence-electron chi connectivity index (χ3n) is 4.83. The minimum absolute atomic E-state index is 0.272. The van der Waals surface area contributed by atoms with Crippen LogP contribution in [0.25, 0.3) is 0 Å². The predicted octanol–water partition coefficient (Wildman–Crippen LogP) is 4.33. The fraction of sp³-hybridized carbons (Fsp3) is 0.733. The molecule has 1 aromatic heterocycles. The van der Waals surface area contributed by atoms with E-state index in [1.54, 1.807) is 7.11 Å². The van der Waals surface area contributed by atoms with Crippen molar-refractivity contribution in [3.63, 3.8) is 0 Å². The summed E-state index contributed by atoms with van der Waals surface area (Å²) in [7, 11) is 1.80. The number of ether oxygens (including phenoxy) is 1. The van der Waals surface area contributed by atoms with E-state index in [0.29, 0.717) is 5.41 Å². The summed E-state index contributed by atoms with van der Waals surface area (Å²) in [5, 5.41) is 0. The number of aromatic amines is 1. The summed E-state index contributed by atoms with van der Waals surface area (Å²) in [5.41, 5.74) is 2.61. The highest BCUT2D eigenvalue weighted by molar-refractivity contribution is 7.98. The maximum atomic E-state index is 5.93. The topological polar surface area (TPSA) is 37.9 Å². The van der Waals surface area contributed by atoms with Gasteiger partial charge in [-0.15, -0.1) is 0 Å². The Balaban J connectivity index is 1.99. The lowest BCUT2D eigenvalue weighted by Gasteiger charge is -2.42. The van der Waals surface area contributed by atoms with Crippen molar-refractivity contribution < 1.29 is 4.74 Å². The summed E-state index contributed by atoms with van der Waals surface area (Å²) in [4.78, 5) is 8.21. The van der Waals surface area contributed by atoms with Crippen molar-refractivity contribution in [2.45, 2.75) is 56.6 Å². The number of nitrogens with zero attached hydrogens (tertiary/aromatic N) is 1. The van der Waals surface area contributed by atoms with Crippen LogP contribution in [0.15, 0.2) is 0 Å². The number of hydrogen-bond donors (Lipinski definition) is 1. The minimum atomic E-state index is -0.272. The van der Waals surface area contributed by atoms with Gasteiger partial charge in [-0.1, -0.05) is 26.1 Å². The van der Waals surface area contributed by atoms with Gasteiger partial charge in [-0.3, -0.25) is 0 Å². The molecule has 3 rings (SSSR count). The molecular weight excluding hydrogens is 288 g/mol. The Hall–Kier alpha value is -0.390. The zero-order valence-corrected chi connectivity index (χ0v) is 14.0. The van der Waals surface area contributed by atoms with E-state index >= 15 is 0 Å². The Morgan fingerprint density at radius 3 is 2.55 bits per heavy atom. The second kappa shape index (κ2) is 5.11. The van der Waals surface area contributed by atoms with Crippen molar-refractivity contribution in [1.82, 2.24) is 9.97 Å². The van der Waals surface area contributed by atoms with E-state index in [1.165, 1.54) is 11.3 Å². The molecule has 0 radical (unpaired) electrons. The third-order valence-corrected chi connectivity index (χ3v) is 6.15. The molecule has 1 aliphatic carbocycles. The monoisotopic (exact) mass is 310 g/mol. The van der Waals surface area contributed by atoms with Gasteiger partial charge >= 0.3 is 0 Å². The SMILES string of the molecule is COC1(c2nc(=S)c3c([nH]2)CSC3)CCC(C)(C)CC1. The van der Waals surface area contributed by atoms with Crippen molar-refractivity contribution in [2.75, 3.05) is 7.11 Å². The van der Waals surface area contributed by atoms with E-state index in [0.717, 1.165) is 47.7 Å². The Bertz CT molecular complexity index is 570. The lowest BCUT2D eigenvalue weighted by atomic mass is 9.70. The molecule has 1 aliphatic heterocycles. The van der Waals surface area contributed by atoms with Gasteiger partial charge in [-0.05, 0) is 31.1 Å². The molecule has 1 saturated carbocycles. The average Bonchev–Trinajstić information content (AvgIpc) is 2.88. The number of thioether (sulfide) groups is 1. The molecule has 0 spiro atoms. The van der Waals surface area contributed by atoms with E-state index in [4.69, 9.17) is 17.0 Å². The zero-order valence-electron chi connectivity index (χ0n) is 12.4. The molecule has 0 amide bonds. The smallest absolute Gasteiger partial charge is 0.140 e. The van der Waals surface area contributed by atoms with Gasteiger partial charge in [0, 0.05) is 29.9 Å². The molecule has 0 aromatic carbocycles. The highest BCUT2D eigenvalue weighted by Crippen LogP contribution is 2.46.